The number of hydrogen-bond acceptors (Lipinski definition) is 4. The van der Waals surface area contributed by atoms with Crippen LogP contribution in [0.25, 0.3) is 0 Å². The van der Waals surface area contributed by atoms with Crippen molar-refractivity contribution in [2.45, 2.75) is 57.5 Å². The third-order valence-electron chi connectivity index (χ3n) is 5.53. The highest BCUT2D eigenvalue weighted by Gasteiger charge is 2.21. The molecule has 0 spiro atoms. The summed E-state index contributed by atoms with van der Waals surface area (Å²) in [5.41, 5.74) is 3.26. The number of thiazole rings is 1. The van der Waals surface area contributed by atoms with Crippen LogP contribution >= 0.6 is 11.3 Å². The summed E-state index contributed by atoms with van der Waals surface area (Å²) in [6, 6.07) is 8.34. The molecule has 0 atom stereocenters. The van der Waals surface area contributed by atoms with Crippen molar-refractivity contribution in [2.75, 3.05) is 11.9 Å². The van der Waals surface area contributed by atoms with E-state index in [1.54, 1.807) is 0 Å². The second-order valence-electron chi connectivity index (χ2n) is 7.59. The van der Waals surface area contributed by atoms with Crippen molar-refractivity contribution >= 4 is 28.4 Å². The Hall–Kier alpha value is -2.41. The predicted octanol–water partition coefficient (Wildman–Crippen LogP) is 3.72. The minimum Gasteiger partial charge on any atom is -0.338 e. The van der Waals surface area contributed by atoms with Gasteiger partial charge in [-0.25, -0.2) is 9.78 Å². The first kappa shape index (κ1) is 18.9. The number of carbonyl (C=O) groups excluding carboxylic acids is 2. The lowest BCUT2D eigenvalue weighted by atomic mass is 9.96. The van der Waals surface area contributed by atoms with Gasteiger partial charge in [-0.2, -0.15) is 0 Å². The minimum atomic E-state index is -0.202. The van der Waals surface area contributed by atoms with Crippen molar-refractivity contribution in [3.63, 3.8) is 0 Å². The Balaban J connectivity index is 1.28. The summed E-state index contributed by atoms with van der Waals surface area (Å²) < 4.78 is 0. The molecule has 0 saturated heterocycles. The van der Waals surface area contributed by atoms with Crippen LogP contribution < -0.4 is 10.6 Å². The van der Waals surface area contributed by atoms with Crippen LogP contribution in [0.1, 0.15) is 48.9 Å². The van der Waals surface area contributed by atoms with Gasteiger partial charge in [-0.15, -0.1) is 11.3 Å². The monoisotopic (exact) mass is 398 g/mol. The molecule has 0 bridgehead atoms. The lowest BCUT2D eigenvalue weighted by Crippen LogP contribution is -2.39. The Labute approximate surface area is 169 Å². The molecule has 7 heteroatoms. The fourth-order valence-electron chi connectivity index (χ4n) is 3.99. The van der Waals surface area contributed by atoms with Crippen LogP contribution in [-0.4, -0.2) is 34.4 Å². The van der Waals surface area contributed by atoms with Gasteiger partial charge in [0.1, 0.15) is 0 Å². The van der Waals surface area contributed by atoms with Gasteiger partial charge < -0.3 is 10.2 Å². The summed E-state index contributed by atoms with van der Waals surface area (Å²) in [5.74, 6) is 0.0815. The number of aromatic nitrogens is 1. The van der Waals surface area contributed by atoms with Crippen molar-refractivity contribution < 1.29 is 9.59 Å². The van der Waals surface area contributed by atoms with Crippen LogP contribution in [0.4, 0.5) is 9.93 Å². The number of benzene rings is 1. The smallest absolute Gasteiger partial charge is 0.321 e. The molecule has 1 aliphatic heterocycles. The van der Waals surface area contributed by atoms with Crippen LogP contribution in [0.15, 0.2) is 29.6 Å². The summed E-state index contributed by atoms with van der Waals surface area (Å²) in [6.45, 7) is 1.41. The molecule has 6 nitrogen and oxygen atoms in total. The number of hydrogen-bond donors (Lipinski definition) is 2. The van der Waals surface area contributed by atoms with Gasteiger partial charge in [-0.05, 0) is 30.4 Å². The molecular formula is C21H26N4O2S. The van der Waals surface area contributed by atoms with Crippen LogP contribution in [0.3, 0.4) is 0 Å². The summed E-state index contributed by atoms with van der Waals surface area (Å²) in [6.07, 6.45) is 6.86. The number of urea groups is 1. The molecule has 2 N–H and O–H groups in total. The number of fused-ring (bicyclic) bond motifs is 1. The van der Waals surface area contributed by atoms with Gasteiger partial charge >= 0.3 is 6.03 Å². The highest BCUT2D eigenvalue weighted by Crippen LogP contribution is 2.21. The number of carbonyl (C=O) groups is 2. The molecule has 0 radical (unpaired) electrons. The Kier molecular flexibility index (Phi) is 5.90. The van der Waals surface area contributed by atoms with Crippen molar-refractivity contribution in [1.29, 1.82) is 0 Å². The zero-order chi connectivity index (χ0) is 19.3. The van der Waals surface area contributed by atoms with Crippen molar-refractivity contribution in [3.05, 3.63) is 46.5 Å². The summed E-state index contributed by atoms with van der Waals surface area (Å²) in [5, 5.41) is 8.22. The van der Waals surface area contributed by atoms with Crippen LogP contribution in [0.2, 0.25) is 0 Å². The number of nitrogens with zero attached hydrogens (tertiary/aromatic N) is 2. The van der Waals surface area contributed by atoms with Gasteiger partial charge in [0.15, 0.2) is 5.13 Å². The highest BCUT2D eigenvalue weighted by atomic mass is 32.1. The topological polar surface area (TPSA) is 74.3 Å². The fraction of sp³-hybridized carbons (Fsp3) is 0.476. The van der Waals surface area contributed by atoms with E-state index in [4.69, 9.17) is 0 Å². The summed E-state index contributed by atoms with van der Waals surface area (Å²) >= 11 is 1.36. The molecule has 1 fully saturated rings. The van der Waals surface area contributed by atoms with E-state index in [2.05, 4.69) is 27.8 Å². The molecule has 3 amide bonds. The molecular weight excluding hydrogens is 372 g/mol. The van der Waals surface area contributed by atoms with E-state index in [9.17, 15) is 9.59 Å². The second-order valence-corrected chi connectivity index (χ2v) is 8.45. The van der Waals surface area contributed by atoms with Gasteiger partial charge in [0.05, 0.1) is 12.1 Å². The lowest BCUT2D eigenvalue weighted by molar-refractivity contribution is -0.131. The third-order valence-corrected chi connectivity index (χ3v) is 6.33. The van der Waals surface area contributed by atoms with E-state index in [1.807, 2.05) is 22.4 Å². The van der Waals surface area contributed by atoms with E-state index in [1.165, 1.54) is 41.7 Å². The summed E-state index contributed by atoms with van der Waals surface area (Å²) in [4.78, 5) is 31.1. The van der Waals surface area contributed by atoms with Gasteiger partial charge in [0.25, 0.3) is 0 Å². The van der Waals surface area contributed by atoms with Crippen molar-refractivity contribution in [3.8, 4) is 0 Å². The molecule has 1 saturated carbocycles. The van der Waals surface area contributed by atoms with Gasteiger partial charge in [-0.1, -0.05) is 43.5 Å². The molecule has 1 aliphatic carbocycles. The molecule has 2 aromatic rings. The van der Waals surface area contributed by atoms with Gasteiger partial charge in [0, 0.05) is 24.5 Å². The molecule has 4 rings (SSSR count). The Morgan fingerprint density at radius 1 is 1.14 bits per heavy atom. The predicted molar refractivity (Wildman–Crippen MR) is 110 cm³/mol. The largest absolute Gasteiger partial charge is 0.338 e. The maximum Gasteiger partial charge on any atom is 0.321 e. The summed E-state index contributed by atoms with van der Waals surface area (Å²) in [7, 11) is 0. The fourth-order valence-corrected chi connectivity index (χ4v) is 4.69. The average molecular weight is 399 g/mol. The zero-order valence-electron chi connectivity index (χ0n) is 15.9. The zero-order valence-corrected chi connectivity index (χ0v) is 16.8. The van der Waals surface area contributed by atoms with Crippen LogP contribution in [0, 0.1) is 0 Å². The number of anilines is 1. The first-order chi connectivity index (χ1) is 13.7. The van der Waals surface area contributed by atoms with E-state index in [0.29, 0.717) is 17.4 Å². The Morgan fingerprint density at radius 3 is 2.75 bits per heavy atom. The number of rotatable bonds is 4. The van der Waals surface area contributed by atoms with E-state index < -0.39 is 0 Å². The van der Waals surface area contributed by atoms with E-state index in [-0.39, 0.29) is 24.4 Å². The van der Waals surface area contributed by atoms with Gasteiger partial charge in [-0.3, -0.25) is 10.1 Å². The number of amides is 3. The minimum absolute atomic E-state index is 0.0815. The van der Waals surface area contributed by atoms with Gasteiger partial charge in [0.2, 0.25) is 5.91 Å². The van der Waals surface area contributed by atoms with Crippen molar-refractivity contribution in [2.24, 2.45) is 0 Å². The standard InChI is InChI=1S/C21H26N4O2S/c26-19(25-11-10-15-6-4-5-7-16(15)13-25)12-18-14-28-21(23-18)24-20(27)22-17-8-2-1-3-9-17/h4-7,14,17H,1-3,8-13H2,(H2,22,23,24,27). The van der Waals surface area contributed by atoms with E-state index in [0.717, 1.165) is 25.8 Å². The molecule has 148 valence electrons. The van der Waals surface area contributed by atoms with Crippen LogP contribution in [0.5, 0.6) is 0 Å². The maximum absolute atomic E-state index is 12.7. The molecule has 2 aliphatic rings. The molecule has 0 unspecified atom stereocenters. The molecule has 28 heavy (non-hydrogen) atoms. The third kappa shape index (κ3) is 4.70. The maximum atomic E-state index is 12.7. The highest BCUT2D eigenvalue weighted by molar-refractivity contribution is 7.13. The van der Waals surface area contributed by atoms with Crippen LogP contribution in [-0.2, 0) is 24.2 Å². The second kappa shape index (κ2) is 8.73. The SMILES string of the molecule is O=C(Nc1nc(CC(=O)N2CCc3ccccc3C2)cs1)NC1CCCCC1. The molecule has 1 aromatic carbocycles. The molecule has 2 heterocycles. The lowest BCUT2D eigenvalue weighted by Gasteiger charge is -2.28. The Morgan fingerprint density at radius 2 is 1.93 bits per heavy atom. The first-order valence-electron chi connectivity index (χ1n) is 10.0. The van der Waals surface area contributed by atoms with Crippen molar-refractivity contribution in [1.82, 2.24) is 15.2 Å². The van der Waals surface area contributed by atoms with E-state index >= 15 is 0 Å². The molecule has 1 aromatic heterocycles. The normalized spacial score (nSPS) is 17.1. The average Bonchev–Trinajstić information content (AvgIpc) is 3.14. The quantitative estimate of drug-likeness (QED) is 0.824. The first-order valence-corrected chi connectivity index (χ1v) is 10.9. The Bertz CT molecular complexity index is 844. The number of nitrogens with one attached hydrogen (secondary N) is 2.